The van der Waals surface area contributed by atoms with Gasteiger partial charge in [-0.2, -0.15) is 0 Å². The molecule has 2 aromatic carbocycles. The first-order valence-corrected chi connectivity index (χ1v) is 10.4. The fourth-order valence-corrected chi connectivity index (χ4v) is 3.95. The highest BCUT2D eigenvalue weighted by atomic mass is 79.9. The van der Waals surface area contributed by atoms with Gasteiger partial charge in [-0.3, -0.25) is 0 Å². The molecule has 0 aliphatic heterocycles. The second-order valence-corrected chi connectivity index (χ2v) is 7.75. The zero-order valence-corrected chi connectivity index (χ0v) is 19.3. The van der Waals surface area contributed by atoms with Crippen LogP contribution in [0.25, 0.3) is 10.6 Å². The number of hydrogen-bond donors (Lipinski definition) is 0. The Morgan fingerprint density at radius 2 is 1.63 bits per heavy atom. The van der Waals surface area contributed by atoms with Gasteiger partial charge in [0.1, 0.15) is 17.4 Å². The van der Waals surface area contributed by atoms with E-state index in [9.17, 15) is 4.79 Å². The normalized spacial score (nSPS) is 10.4. The van der Waals surface area contributed by atoms with Gasteiger partial charge in [-0.15, -0.1) is 11.3 Å². The minimum atomic E-state index is -0.524. The first-order chi connectivity index (χ1) is 14.5. The number of nitrogens with zero attached hydrogens (tertiary/aromatic N) is 1. The number of carbonyl (C=O) groups excluding carboxylic acids is 1. The van der Waals surface area contributed by atoms with E-state index in [4.69, 9.17) is 23.7 Å². The number of rotatable bonds is 8. The third-order valence-electron chi connectivity index (χ3n) is 4.20. The van der Waals surface area contributed by atoms with Gasteiger partial charge < -0.3 is 23.7 Å². The van der Waals surface area contributed by atoms with Crippen LogP contribution in [0, 0.1) is 0 Å². The molecule has 30 heavy (non-hydrogen) atoms. The van der Waals surface area contributed by atoms with Crippen molar-refractivity contribution in [3.05, 3.63) is 51.4 Å². The van der Waals surface area contributed by atoms with E-state index in [1.807, 2.05) is 23.6 Å². The number of methoxy groups -OCH3 is 4. The van der Waals surface area contributed by atoms with Crippen LogP contribution in [-0.4, -0.2) is 39.4 Å². The van der Waals surface area contributed by atoms with Gasteiger partial charge >= 0.3 is 5.97 Å². The topological polar surface area (TPSA) is 76.1 Å². The number of benzene rings is 2. The molecule has 0 saturated carbocycles. The van der Waals surface area contributed by atoms with Crippen molar-refractivity contribution in [1.82, 2.24) is 4.98 Å². The molecule has 0 aliphatic rings. The molecule has 158 valence electrons. The van der Waals surface area contributed by atoms with Crippen molar-refractivity contribution >= 4 is 33.2 Å². The molecule has 9 heteroatoms. The number of hydrogen-bond acceptors (Lipinski definition) is 8. The lowest BCUT2D eigenvalue weighted by Gasteiger charge is -2.13. The van der Waals surface area contributed by atoms with Crippen molar-refractivity contribution in [2.45, 2.75) is 6.61 Å². The molecular formula is C21H20BrNO6S. The highest BCUT2D eigenvalue weighted by molar-refractivity contribution is 9.10. The van der Waals surface area contributed by atoms with Gasteiger partial charge in [0.05, 0.1) is 45.3 Å². The SMILES string of the molecule is COc1ccc(Br)cc1-c1nc(COC(=O)c2cc(OC)c(OC)c(OC)c2)cs1. The number of halogens is 1. The highest BCUT2D eigenvalue weighted by Gasteiger charge is 2.18. The van der Waals surface area contributed by atoms with E-state index in [1.54, 1.807) is 19.2 Å². The molecule has 1 heterocycles. The van der Waals surface area contributed by atoms with Crippen LogP contribution in [-0.2, 0) is 11.3 Å². The van der Waals surface area contributed by atoms with Crippen molar-refractivity contribution in [1.29, 1.82) is 0 Å². The maximum Gasteiger partial charge on any atom is 0.338 e. The summed E-state index contributed by atoms with van der Waals surface area (Å²) in [6.45, 7) is 0.0301. The van der Waals surface area contributed by atoms with Crippen molar-refractivity contribution in [3.63, 3.8) is 0 Å². The van der Waals surface area contributed by atoms with E-state index in [0.717, 1.165) is 15.0 Å². The molecule has 0 saturated heterocycles. The standard InChI is InChI=1S/C21H20BrNO6S/c1-25-16-6-5-13(22)9-15(16)20-23-14(11-30-20)10-29-21(24)12-7-17(26-2)19(28-4)18(8-12)27-3/h5-9,11H,10H2,1-4H3. The zero-order valence-electron chi connectivity index (χ0n) is 16.9. The maximum absolute atomic E-state index is 12.6. The van der Waals surface area contributed by atoms with E-state index in [1.165, 1.54) is 32.7 Å². The number of esters is 1. The van der Waals surface area contributed by atoms with E-state index in [0.29, 0.717) is 28.7 Å². The van der Waals surface area contributed by atoms with Crippen molar-refractivity contribution < 1.29 is 28.5 Å². The van der Waals surface area contributed by atoms with Gasteiger partial charge in [-0.1, -0.05) is 15.9 Å². The van der Waals surface area contributed by atoms with Crippen LogP contribution >= 0.6 is 27.3 Å². The lowest BCUT2D eigenvalue weighted by Crippen LogP contribution is -2.07. The fourth-order valence-electron chi connectivity index (χ4n) is 2.77. The molecule has 3 aromatic rings. The minimum Gasteiger partial charge on any atom is -0.496 e. The zero-order chi connectivity index (χ0) is 21.7. The fraction of sp³-hybridized carbons (Fsp3) is 0.238. The quantitative estimate of drug-likeness (QED) is 0.410. The van der Waals surface area contributed by atoms with Crippen LogP contribution in [0.15, 0.2) is 40.2 Å². The average molecular weight is 494 g/mol. The summed E-state index contributed by atoms with van der Waals surface area (Å²) >= 11 is 4.91. The Morgan fingerprint density at radius 3 is 2.23 bits per heavy atom. The summed E-state index contributed by atoms with van der Waals surface area (Å²) in [4.78, 5) is 17.1. The van der Waals surface area contributed by atoms with Crippen LogP contribution in [0.3, 0.4) is 0 Å². The molecule has 0 spiro atoms. The van der Waals surface area contributed by atoms with Gasteiger partial charge in [0.25, 0.3) is 0 Å². The van der Waals surface area contributed by atoms with Crippen molar-refractivity contribution in [2.24, 2.45) is 0 Å². The molecule has 0 aliphatic carbocycles. The largest absolute Gasteiger partial charge is 0.496 e. The predicted octanol–water partition coefficient (Wildman–Crippen LogP) is 4.96. The number of aromatic nitrogens is 1. The van der Waals surface area contributed by atoms with Crippen LogP contribution in [0.2, 0.25) is 0 Å². The highest BCUT2D eigenvalue weighted by Crippen LogP contribution is 2.38. The van der Waals surface area contributed by atoms with Gasteiger partial charge in [-0.25, -0.2) is 9.78 Å². The molecule has 1 aromatic heterocycles. The van der Waals surface area contributed by atoms with Crippen molar-refractivity contribution in [2.75, 3.05) is 28.4 Å². The summed E-state index contributed by atoms with van der Waals surface area (Å²) in [5, 5.41) is 2.62. The smallest absolute Gasteiger partial charge is 0.338 e. The Morgan fingerprint density at radius 1 is 0.967 bits per heavy atom. The minimum absolute atomic E-state index is 0.0301. The summed E-state index contributed by atoms with van der Waals surface area (Å²) in [6.07, 6.45) is 0. The molecule has 0 radical (unpaired) electrons. The molecule has 0 atom stereocenters. The van der Waals surface area contributed by atoms with Crippen LogP contribution < -0.4 is 18.9 Å². The Labute approximate surface area is 186 Å². The third-order valence-corrected chi connectivity index (χ3v) is 5.61. The first-order valence-electron chi connectivity index (χ1n) is 8.76. The van der Waals surface area contributed by atoms with E-state index in [2.05, 4.69) is 20.9 Å². The molecule has 3 rings (SSSR count). The summed E-state index contributed by atoms with van der Waals surface area (Å²) in [5.74, 6) is 1.35. The molecule has 0 fully saturated rings. The van der Waals surface area contributed by atoms with Crippen LogP contribution in [0.5, 0.6) is 23.0 Å². The van der Waals surface area contributed by atoms with Gasteiger partial charge in [0.15, 0.2) is 11.5 Å². The Balaban J connectivity index is 1.76. The van der Waals surface area contributed by atoms with E-state index in [-0.39, 0.29) is 12.2 Å². The van der Waals surface area contributed by atoms with Gasteiger partial charge in [-0.05, 0) is 30.3 Å². The van der Waals surface area contributed by atoms with E-state index >= 15 is 0 Å². The Kier molecular flexibility index (Phi) is 7.17. The maximum atomic E-state index is 12.6. The monoisotopic (exact) mass is 493 g/mol. The molecule has 0 bridgehead atoms. The molecular weight excluding hydrogens is 474 g/mol. The lowest BCUT2D eigenvalue weighted by atomic mass is 10.2. The number of carbonyl (C=O) groups is 1. The average Bonchev–Trinajstić information content (AvgIpc) is 3.25. The third kappa shape index (κ3) is 4.68. The van der Waals surface area contributed by atoms with E-state index < -0.39 is 5.97 Å². The predicted molar refractivity (Wildman–Crippen MR) is 117 cm³/mol. The second kappa shape index (κ2) is 9.82. The number of thiazole rings is 1. The molecule has 7 nitrogen and oxygen atoms in total. The molecule has 0 amide bonds. The molecule has 0 N–H and O–H groups in total. The summed E-state index contributed by atoms with van der Waals surface area (Å²) < 4.78 is 27.6. The molecule has 0 unspecified atom stereocenters. The van der Waals surface area contributed by atoms with Crippen LogP contribution in [0.1, 0.15) is 16.1 Å². The summed E-state index contributed by atoms with van der Waals surface area (Å²) in [7, 11) is 6.08. The Bertz CT molecular complexity index is 1030. The first kappa shape index (κ1) is 21.9. The summed E-state index contributed by atoms with van der Waals surface area (Å²) in [5.41, 5.74) is 1.78. The van der Waals surface area contributed by atoms with Gasteiger partial charge in [0.2, 0.25) is 5.75 Å². The summed E-state index contributed by atoms with van der Waals surface area (Å²) in [6, 6.07) is 8.79. The second-order valence-electron chi connectivity index (χ2n) is 5.98. The van der Waals surface area contributed by atoms with Crippen molar-refractivity contribution in [3.8, 4) is 33.6 Å². The van der Waals surface area contributed by atoms with Gasteiger partial charge in [0, 0.05) is 9.85 Å². The number of ether oxygens (including phenoxy) is 5. The Hall–Kier alpha value is -2.78. The lowest BCUT2D eigenvalue weighted by molar-refractivity contribution is 0.0467. The van der Waals surface area contributed by atoms with Crippen LogP contribution in [0.4, 0.5) is 0 Å².